The third kappa shape index (κ3) is 5.41. The number of nitriles is 1. The molecule has 6 nitrogen and oxygen atoms in total. The van der Waals surface area contributed by atoms with Crippen molar-refractivity contribution in [3.8, 4) is 11.8 Å². The van der Waals surface area contributed by atoms with Gasteiger partial charge in [-0.25, -0.2) is 4.39 Å². The average molecular weight is 492 g/mol. The third-order valence-corrected chi connectivity index (χ3v) is 7.05. The Labute approximate surface area is 208 Å². The molecule has 0 radical (unpaired) electrons. The largest absolute Gasteiger partial charge is 0.497 e. The number of dihydropyridines is 1. The van der Waals surface area contributed by atoms with Gasteiger partial charge >= 0.3 is 0 Å². The van der Waals surface area contributed by atoms with E-state index in [9.17, 15) is 19.2 Å². The minimum Gasteiger partial charge on any atom is -0.497 e. The molecule has 1 amide bonds. The number of carbonyl (C=O) groups excluding carboxylic acids is 2. The first-order chi connectivity index (χ1) is 16.7. The van der Waals surface area contributed by atoms with Crippen molar-refractivity contribution in [3.05, 3.63) is 81.8 Å². The van der Waals surface area contributed by atoms with Crippen molar-refractivity contribution in [2.45, 2.75) is 32.6 Å². The molecule has 2 N–H and O–H groups in total. The van der Waals surface area contributed by atoms with Gasteiger partial charge in [0.1, 0.15) is 11.6 Å². The number of nitrogens with zero attached hydrogens (tertiary/aromatic N) is 1. The fraction of sp³-hybridized carbons (Fsp3) is 0.296. The lowest BCUT2D eigenvalue weighted by Gasteiger charge is -2.39. The Morgan fingerprint density at radius 3 is 2.66 bits per heavy atom. The summed E-state index contributed by atoms with van der Waals surface area (Å²) in [6.07, 6.45) is 1.05. The number of nitrogens with one attached hydrogen (secondary N) is 2. The number of rotatable bonds is 6. The molecule has 1 aliphatic heterocycles. The Bertz CT molecular complexity index is 1280. The summed E-state index contributed by atoms with van der Waals surface area (Å²) in [6, 6.07) is 15.3. The predicted octanol–water partition coefficient (Wildman–Crippen LogP) is 5.27. The van der Waals surface area contributed by atoms with Crippen LogP contribution in [0.2, 0.25) is 0 Å². The van der Waals surface area contributed by atoms with E-state index in [-0.39, 0.29) is 22.9 Å². The van der Waals surface area contributed by atoms with Crippen LogP contribution in [0.1, 0.15) is 38.2 Å². The highest BCUT2D eigenvalue weighted by molar-refractivity contribution is 8.03. The molecular formula is C27H26FN3O3S. The second-order valence-corrected chi connectivity index (χ2v) is 10.4. The lowest BCUT2D eigenvalue weighted by Crippen LogP contribution is -2.37. The average Bonchev–Trinajstić information content (AvgIpc) is 2.81. The minimum absolute atomic E-state index is 0.0132. The summed E-state index contributed by atoms with van der Waals surface area (Å²) in [5.41, 5.74) is 2.75. The Balaban J connectivity index is 1.65. The number of anilines is 1. The summed E-state index contributed by atoms with van der Waals surface area (Å²) in [5, 5.41) is 16.7. The van der Waals surface area contributed by atoms with Gasteiger partial charge in [0, 0.05) is 23.4 Å². The molecule has 0 saturated heterocycles. The number of amides is 1. The zero-order valence-electron chi connectivity index (χ0n) is 19.8. The number of ether oxygens (including phenoxy) is 1. The van der Waals surface area contributed by atoms with Crippen molar-refractivity contribution in [2.75, 3.05) is 18.2 Å². The van der Waals surface area contributed by atoms with E-state index < -0.39 is 11.7 Å². The van der Waals surface area contributed by atoms with Gasteiger partial charge in [0.2, 0.25) is 5.91 Å². The molecule has 1 aliphatic carbocycles. The van der Waals surface area contributed by atoms with E-state index in [0.29, 0.717) is 40.5 Å². The highest BCUT2D eigenvalue weighted by Gasteiger charge is 2.42. The van der Waals surface area contributed by atoms with Gasteiger partial charge in [0.25, 0.3) is 0 Å². The second-order valence-electron chi connectivity index (χ2n) is 9.37. The van der Waals surface area contributed by atoms with Gasteiger partial charge in [-0.1, -0.05) is 43.8 Å². The molecule has 0 spiro atoms. The first-order valence-corrected chi connectivity index (χ1v) is 12.2. The maximum atomic E-state index is 13.4. The van der Waals surface area contributed by atoms with Crippen LogP contribution in [0.15, 0.2) is 70.4 Å². The van der Waals surface area contributed by atoms with E-state index in [1.807, 2.05) is 38.1 Å². The van der Waals surface area contributed by atoms with Crippen LogP contribution in [0.3, 0.4) is 0 Å². The summed E-state index contributed by atoms with van der Waals surface area (Å²) in [7, 11) is 1.58. The van der Waals surface area contributed by atoms with Gasteiger partial charge in [0.15, 0.2) is 5.78 Å². The molecule has 1 heterocycles. The number of Topliss-reactive ketones (excluding diaryl/α,β-unsaturated/α-hetero) is 1. The summed E-state index contributed by atoms with van der Waals surface area (Å²) >= 11 is 1.19. The molecule has 0 unspecified atom stereocenters. The third-order valence-electron chi connectivity index (χ3n) is 6.03. The second kappa shape index (κ2) is 9.96. The lowest BCUT2D eigenvalue weighted by atomic mass is 9.69. The maximum absolute atomic E-state index is 13.4. The first-order valence-electron chi connectivity index (χ1n) is 11.2. The zero-order chi connectivity index (χ0) is 25.2. The van der Waals surface area contributed by atoms with Gasteiger partial charge in [-0.2, -0.15) is 5.26 Å². The Morgan fingerprint density at radius 1 is 1.26 bits per heavy atom. The molecule has 2 aromatic rings. The molecule has 0 saturated carbocycles. The number of methoxy groups -OCH3 is 1. The van der Waals surface area contributed by atoms with E-state index in [1.54, 1.807) is 13.2 Å². The SMILES string of the molecule is COc1ccc([C@H]2C(C#N)=C(SCC(=O)Nc3cccc(F)c3)NC3=C2C(=O)CC(C)(C)C3)cc1. The molecule has 8 heteroatoms. The van der Waals surface area contributed by atoms with Crippen LogP contribution < -0.4 is 15.4 Å². The molecule has 0 aromatic heterocycles. The summed E-state index contributed by atoms with van der Waals surface area (Å²) < 4.78 is 18.7. The molecule has 0 bridgehead atoms. The maximum Gasteiger partial charge on any atom is 0.234 e. The number of allylic oxidation sites excluding steroid dienone is 3. The van der Waals surface area contributed by atoms with Gasteiger partial charge in [0.05, 0.1) is 35.5 Å². The molecule has 35 heavy (non-hydrogen) atoms. The highest BCUT2D eigenvalue weighted by Crippen LogP contribution is 2.48. The van der Waals surface area contributed by atoms with E-state index in [0.717, 1.165) is 11.3 Å². The van der Waals surface area contributed by atoms with Crippen molar-refractivity contribution in [1.82, 2.24) is 5.32 Å². The number of thioether (sulfide) groups is 1. The topological polar surface area (TPSA) is 91.2 Å². The van der Waals surface area contributed by atoms with Gasteiger partial charge in [-0.05, 0) is 47.7 Å². The van der Waals surface area contributed by atoms with Gasteiger partial charge in [-0.15, -0.1) is 0 Å². The van der Waals surface area contributed by atoms with Crippen molar-refractivity contribution in [1.29, 1.82) is 5.26 Å². The van der Waals surface area contributed by atoms with Crippen LogP contribution in [0, 0.1) is 22.6 Å². The van der Waals surface area contributed by atoms with Crippen LogP contribution in [0.4, 0.5) is 10.1 Å². The van der Waals surface area contributed by atoms with Gasteiger partial charge < -0.3 is 15.4 Å². The zero-order valence-corrected chi connectivity index (χ0v) is 20.6. The monoisotopic (exact) mass is 491 g/mol. The predicted molar refractivity (Wildman–Crippen MR) is 134 cm³/mol. The van der Waals surface area contributed by atoms with E-state index in [2.05, 4.69) is 16.7 Å². The van der Waals surface area contributed by atoms with E-state index in [4.69, 9.17) is 4.74 Å². The normalized spacial score (nSPS) is 18.9. The first kappa shape index (κ1) is 24.6. The van der Waals surface area contributed by atoms with Gasteiger partial charge in [-0.3, -0.25) is 9.59 Å². The Morgan fingerprint density at radius 2 is 2.00 bits per heavy atom. The van der Waals surface area contributed by atoms with Crippen LogP contribution in [-0.2, 0) is 9.59 Å². The van der Waals surface area contributed by atoms with Crippen molar-refractivity contribution < 1.29 is 18.7 Å². The molecule has 4 rings (SSSR count). The number of halogens is 1. The fourth-order valence-corrected chi connectivity index (χ4v) is 5.38. The Hall–Kier alpha value is -3.57. The van der Waals surface area contributed by atoms with E-state index >= 15 is 0 Å². The molecule has 180 valence electrons. The summed E-state index contributed by atoms with van der Waals surface area (Å²) in [5.74, 6) is -0.582. The van der Waals surface area contributed by atoms with Crippen LogP contribution in [0.5, 0.6) is 5.75 Å². The highest BCUT2D eigenvalue weighted by atomic mass is 32.2. The standard InChI is InChI=1S/C27H26FN3O3S/c1-27(2)12-21-25(22(32)13-27)24(16-7-9-19(34-3)10-8-16)20(14-29)26(31-21)35-15-23(33)30-18-6-4-5-17(28)11-18/h4-11,24,31H,12-13,15H2,1-3H3,(H,30,33)/t24-/m0/s1. The smallest absolute Gasteiger partial charge is 0.234 e. The molecular weight excluding hydrogens is 465 g/mol. The Kier molecular flexibility index (Phi) is 6.99. The minimum atomic E-state index is -0.528. The van der Waals surface area contributed by atoms with Crippen molar-refractivity contribution in [2.24, 2.45) is 5.41 Å². The molecule has 1 atom stereocenters. The number of hydrogen-bond acceptors (Lipinski definition) is 6. The summed E-state index contributed by atoms with van der Waals surface area (Å²) in [6.45, 7) is 4.09. The van der Waals surface area contributed by atoms with E-state index in [1.165, 1.54) is 30.0 Å². The van der Waals surface area contributed by atoms with Crippen molar-refractivity contribution in [3.63, 3.8) is 0 Å². The molecule has 2 aromatic carbocycles. The number of ketones is 1. The van der Waals surface area contributed by atoms with Crippen LogP contribution in [-0.4, -0.2) is 24.6 Å². The lowest BCUT2D eigenvalue weighted by molar-refractivity contribution is -0.118. The quantitative estimate of drug-likeness (QED) is 0.572. The fourth-order valence-electron chi connectivity index (χ4n) is 4.52. The number of carbonyl (C=O) groups is 2. The van der Waals surface area contributed by atoms with Crippen LogP contribution in [0.25, 0.3) is 0 Å². The molecule has 2 aliphatic rings. The van der Waals surface area contributed by atoms with Crippen LogP contribution >= 0.6 is 11.8 Å². The molecule has 0 fully saturated rings. The summed E-state index contributed by atoms with van der Waals surface area (Å²) in [4.78, 5) is 25.8. The van der Waals surface area contributed by atoms with Crippen molar-refractivity contribution >= 4 is 29.1 Å². The number of hydrogen-bond donors (Lipinski definition) is 2. The number of benzene rings is 2.